The van der Waals surface area contributed by atoms with Crippen LogP contribution in [0.25, 0.3) is 0 Å². The number of amides is 1. The number of sulfonamides is 1. The molecule has 7 heteroatoms. The number of hydrogen-bond acceptors (Lipinski definition) is 4. The summed E-state index contributed by atoms with van der Waals surface area (Å²) >= 11 is 0. The average Bonchev–Trinajstić information content (AvgIpc) is 3.11. The molecule has 0 aliphatic carbocycles. The smallest absolute Gasteiger partial charge is 0.241 e. The summed E-state index contributed by atoms with van der Waals surface area (Å²) in [5.41, 5.74) is 3.65. The summed E-state index contributed by atoms with van der Waals surface area (Å²) < 4.78 is 34.5. The number of hydrogen-bond donors (Lipinski definition) is 1. The molecule has 156 valence electrons. The number of nitrogens with one attached hydrogen (secondary N) is 1. The third-order valence-electron chi connectivity index (χ3n) is 5.33. The van der Waals surface area contributed by atoms with E-state index in [0.717, 1.165) is 23.1 Å². The van der Waals surface area contributed by atoms with Gasteiger partial charge in [0.1, 0.15) is 5.75 Å². The van der Waals surface area contributed by atoms with Gasteiger partial charge in [-0.25, -0.2) is 13.1 Å². The molecule has 0 radical (unpaired) electrons. The molecule has 1 aliphatic rings. The zero-order valence-corrected chi connectivity index (χ0v) is 18.2. The Bertz CT molecular complexity index is 1020. The molecule has 1 saturated heterocycles. The molecule has 6 nitrogen and oxygen atoms in total. The van der Waals surface area contributed by atoms with Gasteiger partial charge in [0.25, 0.3) is 0 Å². The molecule has 1 N–H and O–H groups in total. The molecular formula is C22H28N2O4S. The van der Waals surface area contributed by atoms with Crippen molar-refractivity contribution < 1.29 is 17.9 Å². The number of carbonyl (C=O) groups is 1. The molecule has 0 spiro atoms. The SMILES string of the molecule is CC[C@@H](NS(=O)(=O)c1ccc(OC)c(N2CCCC2=O)c1)c1ccc(C)cc1C. The van der Waals surface area contributed by atoms with Crippen molar-refractivity contribution in [3.05, 3.63) is 53.1 Å². The van der Waals surface area contributed by atoms with E-state index in [1.54, 1.807) is 11.0 Å². The highest BCUT2D eigenvalue weighted by Gasteiger charge is 2.27. The van der Waals surface area contributed by atoms with E-state index >= 15 is 0 Å². The van der Waals surface area contributed by atoms with Crippen molar-refractivity contribution in [3.8, 4) is 5.75 Å². The van der Waals surface area contributed by atoms with Crippen molar-refractivity contribution in [2.75, 3.05) is 18.6 Å². The van der Waals surface area contributed by atoms with Crippen molar-refractivity contribution in [2.45, 2.75) is 51.0 Å². The Labute approximate surface area is 172 Å². The van der Waals surface area contributed by atoms with Gasteiger partial charge in [0.15, 0.2) is 0 Å². The largest absolute Gasteiger partial charge is 0.495 e. The number of benzene rings is 2. The van der Waals surface area contributed by atoms with Crippen molar-refractivity contribution >= 4 is 21.6 Å². The van der Waals surface area contributed by atoms with Gasteiger partial charge in [-0.05, 0) is 56.0 Å². The highest BCUT2D eigenvalue weighted by Crippen LogP contribution is 2.34. The first-order valence-corrected chi connectivity index (χ1v) is 11.3. The molecule has 0 aromatic heterocycles. The van der Waals surface area contributed by atoms with E-state index < -0.39 is 10.0 Å². The maximum Gasteiger partial charge on any atom is 0.241 e. The lowest BCUT2D eigenvalue weighted by molar-refractivity contribution is -0.117. The molecular weight excluding hydrogens is 388 g/mol. The fourth-order valence-corrected chi connectivity index (χ4v) is 5.11. The fourth-order valence-electron chi connectivity index (χ4n) is 3.79. The lowest BCUT2D eigenvalue weighted by atomic mass is 9.98. The maximum absolute atomic E-state index is 13.1. The molecule has 3 rings (SSSR count). The third kappa shape index (κ3) is 4.46. The Morgan fingerprint density at radius 1 is 1.17 bits per heavy atom. The van der Waals surface area contributed by atoms with Gasteiger partial charge in [-0.3, -0.25) is 4.79 Å². The Morgan fingerprint density at radius 2 is 1.93 bits per heavy atom. The van der Waals surface area contributed by atoms with Gasteiger partial charge < -0.3 is 9.64 Å². The van der Waals surface area contributed by atoms with Crippen LogP contribution >= 0.6 is 0 Å². The van der Waals surface area contributed by atoms with Crippen LogP contribution in [0.5, 0.6) is 5.75 Å². The van der Waals surface area contributed by atoms with E-state index in [1.807, 2.05) is 32.9 Å². The van der Waals surface area contributed by atoms with E-state index in [0.29, 0.717) is 30.8 Å². The lowest BCUT2D eigenvalue weighted by Crippen LogP contribution is -2.29. The van der Waals surface area contributed by atoms with Crippen LogP contribution < -0.4 is 14.4 Å². The number of anilines is 1. The second-order valence-corrected chi connectivity index (χ2v) is 9.14. The normalized spacial score (nSPS) is 15.6. The summed E-state index contributed by atoms with van der Waals surface area (Å²) in [6, 6.07) is 10.3. The zero-order valence-electron chi connectivity index (χ0n) is 17.4. The molecule has 1 atom stereocenters. The monoisotopic (exact) mass is 416 g/mol. The number of nitrogens with zero attached hydrogens (tertiary/aromatic N) is 1. The van der Waals surface area contributed by atoms with E-state index in [9.17, 15) is 13.2 Å². The molecule has 2 aromatic carbocycles. The first-order valence-electron chi connectivity index (χ1n) is 9.84. The number of carbonyl (C=O) groups excluding carboxylic acids is 1. The Kier molecular flexibility index (Phi) is 6.29. The quantitative estimate of drug-likeness (QED) is 0.743. The van der Waals surface area contributed by atoms with Crippen LogP contribution in [-0.4, -0.2) is 28.0 Å². The van der Waals surface area contributed by atoms with Crippen molar-refractivity contribution in [3.63, 3.8) is 0 Å². The number of aryl methyl sites for hydroxylation is 2. The minimum absolute atomic E-state index is 0.0208. The Hall–Kier alpha value is -2.38. The van der Waals surface area contributed by atoms with Gasteiger partial charge >= 0.3 is 0 Å². The summed E-state index contributed by atoms with van der Waals surface area (Å²) in [7, 11) is -2.27. The Balaban J connectivity index is 1.95. The summed E-state index contributed by atoms with van der Waals surface area (Å²) in [5, 5.41) is 0. The van der Waals surface area contributed by atoms with Crippen LogP contribution in [0.4, 0.5) is 5.69 Å². The molecule has 1 heterocycles. The van der Waals surface area contributed by atoms with Gasteiger partial charge in [0, 0.05) is 19.0 Å². The topological polar surface area (TPSA) is 75.7 Å². The van der Waals surface area contributed by atoms with Gasteiger partial charge in [-0.15, -0.1) is 0 Å². The van der Waals surface area contributed by atoms with Crippen LogP contribution in [-0.2, 0) is 14.8 Å². The summed E-state index contributed by atoms with van der Waals surface area (Å²) in [6.07, 6.45) is 1.83. The van der Waals surface area contributed by atoms with Crippen molar-refractivity contribution in [2.24, 2.45) is 0 Å². The first kappa shape index (κ1) is 21.3. The van der Waals surface area contributed by atoms with Crippen LogP contribution in [0.2, 0.25) is 0 Å². The predicted molar refractivity (Wildman–Crippen MR) is 114 cm³/mol. The number of methoxy groups -OCH3 is 1. The molecule has 0 bridgehead atoms. The van der Waals surface area contributed by atoms with Gasteiger partial charge in [0.2, 0.25) is 15.9 Å². The van der Waals surface area contributed by atoms with Crippen LogP contribution in [0.15, 0.2) is 41.3 Å². The molecule has 0 saturated carbocycles. The standard InChI is InChI=1S/C22H28N2O4S/c1-5-19(18-10-8-15(2)13-16(18)3)23-29(26,27)17-9-11-21(28-4)20(14-17)24-12-6-7-22(24)25/h8-11,13-14,19,23H,5-7,12H2,1-4H3/t19-/m1/s1. The lowest BCUT2D eigenvalue weighted by Gasteiger charge is -2.22. The number of rotatable bonds is 7. The summed E-state index contributed by atoms with van der Waals surface area (Å²) in [6.45, 7) is 6.52. The zero-order chi connectivity index (χ0) is 21.2. The third-order valence-corrected chi connectivity index (χ3v) is 6.80. The van der Waals surface area contributed by atoms with Gasteiger partial charge in [-0.1, -0.05) is 30.7 Å². The first-order chi connectivity index (χ1) is 13.8. The maximum atomic E-state index is 13.1. The average molecular weight is 417 g/mol. The van der Waals surface area contributed by atoms with Crippen molar-refractivity contribution in [1.82, 2.24) is 4.72 Å². The molecule has 1 fully saturated rings. The minimum Gasteiger partial charge on any atom is -0.495 e. The van der Waals surface area contributed by atoms with E-state index in [4.69, 9.17) is 4.74 Å². The molecule has 1 aliphatic heterocycles. The highest BCUT2D eigenvalue weighted by molar-refractivity contribution is 7.89. The summed E-state index contributed by atoms with van der Waals surface area (Å²) in [4.78, 5) is 13.9. The minimum atomic E-state index is -3.78. The molecule has 2 aromatic rings. The second kappa shape index (κ2) is 8.55. The highest BCUT2D eigenvalue weighted by atomic mass is 32.2. The van der Waals surface area contributed by atoms with Gasteiger partial charge in [0.05, 0.1) is 17.7 Å². The second-order valence-electron chi connectivity index (χ2n) is 7.42. The van der Waals surface area contributed by atoms with Crippen molar-refractivity contribution in [1.29, 1.82) is 0 Å². The van der Waals surface area contributed by atoms with E-state index in [1.165, 1.54) is 19.2 Å². The predicted octanol–water partition coefficient (Wildman–Crippen LogP) is 3.87. The van der Waals surface area contributed by atoms with E-state index in [2.05, 4.69) is 10.8 Å². The van der Waals surface area contributed by atoms with E-state index in [-0.39, 0.29) is 16.8 Å². The molecule has 1 amide bonds. The molecule has 0 unspecified atom stereocenters. The van der Waals surface area contributed by atoms with Crippen LogP contribution in [0.1, 0.15) is 48.9 Å². The van der Waals surface area contributed by atoms with Gasteiger partial charge in [-0.2, -0.15) is 0 Å². The fraction of sp³-hybridized carbons (Fsp3) is 0.409. The number of ether oxygens (including phenoxy) is 1. The molecule has 29 heavy (non-hydrogen) atoms. The van der Waals surface area contributed by atoms with Crippen LogP contribution in [0, 0.1) is 13.8 Å². The van der Waals surface area contributed by atoms with Crippen LogP contribution in [0.3, 0.4) is 0 Å². The summed E-state index contributed by atoms with van der Waals surface area (Å²) in [5.74, 6) is 0.466. The Morgan fingerprint density at radius 3 is 2.52 bits per heavy atom.